The molecule has 0 unspecified atom stereocenters. The average molecular weight is 408 g/mol. The minimum atomic E-state index is 0.120. The second-order valence-electron chi connectivity index (χ2n) is 8.78. The van der Waals surface area contributed by atoms with Crippen molar-refractivity contribution >= 4 is 5.91 Å². The van der Waals surface area contributed by atoms with Gasteiger partial charge in [0.05, 0.1) is 12.6 Å². The molecule has 3 heterocycles. The smallest absolute Gasteiger partial charge is 0.254 e. The summed E-state index contributed by atoms with van der Waals surface area (Å²) >= 11 is 0. The monoisotopic (exact) mass is 407 g/mol. The van der Waals surface area contributed by atoms with Crippen LogP contribution in [0.2, 0.25) is 0 Å². The summed E-state index contributed by atoms with van der Waals surface area (Å²) in [6.45, 7) is 13.5. The van der Waals surface area contributed by atoms with Crippen molar-refractivity contribution in [3.05, 3.63) is 64.5 Å². The minimum absolute atomic E-state index is 0.120. The molecule has 160 valence electrons. The molecule has 1 aromatic heterocycles. The Hall–Kier alpha value is -2.24. The van der Waals surface area contributed by atoms with Gasteiger partial charge >= 0.3 is 0 Å². The van der Waals surface area contributed by atoms with Crippen LogP contribution in [0.4, 0.5) is 0 Å². The minimum Gasteiger partial charge on any atom is -0.380 e. The Labute approximate surface area is 180 Å². The second-order valence-corrected chi connectivity index (χ2v) is 8.78. The first kappa shape index (κ1) is 21.0. The Morgan fingerprint density at radius 2 is 1.83 bits per heavy atom. The fraction of sp³-hybridized carbons (Fsp3) is 0.520. The van der Waals surface area contributed by atoms with Crippen LogP contribution < -0.4 is 0 Å². The number of hydrogen-bond acceptors (Lipinski definition) is 4. The molecule has 5 nitrogen and oxygen atoms in total. The SMILES string of the molecule is CCOCCN1C[C@H]2CN(C(=O)c3cc(C)nc(C)c3)[C@@H](c3ccccc3C)[C@H]2C1. The Morgan fingerprint density at radius 3 is 2.53 bits per heavy atom. The third-order valence-corrected chi connectivity index (χ3v) is 6.59. The maximum Gasteiger partial charge on any atom is 0.254 e. The van der Waals surface area contributed by atoms with Gasteiger partial charge in [-0.1, -0.05) is 24.3 Å². The van der Waals surface area contributed by atoms with E-state index in [0.717, 1.165) is 56.3 Å². The van der Waals surface area contributed by atoms with E-state index in [4.69, 9.17) is 4.74 Å². The fourth-order valence-electron chi connectivity index (χ4n) is 5.31. The molecule has 2 aliphatic heterocycles. The molecule has 0 N–H and O–H groups in total. The summed E-state index contributed by atoms with van der Waals surface area (Å²) in [6, 6.07) is 12.5. The molecule has 2 saturated heterocycles. The zero-order chi connectivity index (χ0) is 21.3. The molecule has 0 spiro atoms. The molecular weight excluding hydrogens is 374 g/mol. The number of benzene rings is 1. The zero-order valence-electron chi connectivity index (χ0n) is 18.6. The van der Waals surface area contributed by atoms with Crippen molar-refractivity contribution < 1.29 is 9.53 Å². The van der Waals surface area contributed by atoms with E-state index < -0.39 is 0 Å². The molecule has 2 aromatic rings. The number of carbonyl (C=O) groups is 1. The number of aryl methyl sites for hydroxylation is 3. The third-order valence-electron chi connectivity index (χ3n) is 6.59. The summed E-state index contributed by atoms with van der Waals surface area (Å²) in [5.41, 5.74) is 5.09. The van der Waals surface area contributed by atoms with Crippen molar-refractivity contribution in [3.8, 4) is 0 Å². The molecule has 0 saturated carbocycles. The van der Waals surface area contributed by atoms with Gasteiger partial charge in [0.25, 0.3) is 5.91 Å². The number of nitrogens with zero attached hydrogens (tertiary/aromatic N) is 3. The number of fused-ring (bicyclic) bond motifs is 1. The first-order chi connectivity index (χ1) is 14.5. The Bertz CT molecular complexity index is 893. The molecule has 3 atom stereocenters. The lowest BCUT2D eigenvalue weighted by molar-refractivity contribution is 0.0688. The highest BCUT2D eigenvalue weighted by atomic mass is 16.5. The number of pyridine rings is 1. The van der Waals surface area contributed by atoms with Gasteiger partial charge < -0.3 is 14.5 Å². The van der Waals surface area contributed by atoms with Crippen molar-refractivity contribution in [1.29, 1.82) is 0 Å². The predicted octanol–water partition coefficient (Wildman–Crippen LogP) is 3.79. The van der Waals surface area contributed by atoms with Gasteiger partial charge in [0, 0.05) is 55.7 Å². The van der Waals surface area contributed by atoms with Gasteiger partial charge in [-0.25, -0.2) is 0 Å². The van der Waals surface area contributed by atoms with Crippen molar-refractivity contribution in [2.75, 3.05) is 39.4 Å². The van der Waals surface area contributed by atoms with E-state index in [9.17, 15) is 4.79 Å². The van der Waals surface area contributed by atoms with E-state index in [1.165, 1.54) is 11.1 Å². The van der Waals surface area contributed by atoms with E-state index in [2.05, 4.69) is 46.0 Å². The lowest BCUT2D eigenvalue weighted by Gasteiger charge is -2.31. The van der Waals surface area contributed by atoms with Gasteiger partial charge in [-0.15, -0.1) is 0 Å². The van der Waals surface area contributed by atoms with Gasteiger partial charge in [0.15, 0.2) is 0 Å². The normalized spacial score (nSPS) is 23.7. The van der Waals surface area contributed by atoms with Crippen LogP contribution in [0.1, 0.15) is 45.8 Å². The van der Waals surface area contributed by atoms with E-state index in [-0.39, 0.29) is 11.9 Å². The molecule has 30 heavy (non-hydrogen) atoms. The first-order valence-electron chi connectivity index (χ1n) is 11.1. The Kier molecular flexibility index (Phi) is 6.21. The van der Waals surface area contributed by atoms with Gasteiger partial charge in [-0.3, -0.25) is 9.78 Å². The second kappa shape index (κ2) is 8.86. The van der Waals surface area contributed by atoms with Gasteiger partial charge in [-0.05, 0) is 56.9 Å². The number of amides is 1. The topological polar surface area (TPSA) is 45.7 Å². The van der Waals surface area contributed by atoms with Gasteiger partial charge in [-0.2, -0.15) is 0 Å². The zero-order valence-corrected chi connectivity index (χ0v) is 18.6. The molecule has 1 aromatic carbocycles. The highest BCUT2D eigenvalue weighted by molar-refractivity contribution is 5.95. The fourth-order valence-corrected chi connectivity index (χ4v) is 5.31. The molecule has 5 heteroatoms. The van der Waals surface area contributed by atoms with Crippen molar-refractivity contribution in [1.82, 2.24) is 14.8 Å². The van der Waals surface area contributed by atoms with Crippen molar-refractivity contribution in [3.63, 3.8) is 0 Å². The van der Waals surface area contributed by atoms with Crippen LogP contribution in [0.15, 0.2) is 36.4 Å². The molecule has 0 bridgehead atoms. The summed E-state index contributed by atoms with van der Waals surface area (Å²) in [6.07, 6.45) is 0. The molecule has 2 fully saturated rings. The van der Waals surface area contributed by atoms with E-state index in [1.54, 1.807) is 0 Å². The highest BCUT2D eigenvalue weighted by Crippen LogP contribution is 2.46. The highest BCUT2D eigenvalue weighted by Gasteiger charge is 2.49. The molecule has 1 amide bonds. The van der Waals surface area contributed by atoms with Gasteiger partial charge in [0.2, 0.25) is 0 Å². The predicted molar refractivity (Wildman–Crippen MR) is 119 cm³/mol. The summed E-state index contributed by atoms with van der Waals surface area (Å²) in [4.78, 5) is 22.7. The molecule has 2 aliphatic rings. The van der Waals surface area contributed by atoms with Crippen LogP contribution in [0, 0.1) is 32.6 Å². The molecule has 0 radical (unpaired) electrons. The van der Waals surface area contributed by atoms with E-state index in [0.29, 0.717) is 11.8 Å². The largest absolute Gasteiger partial charge is 0.380 e. The maximum absolute atomic E-state index is 13.6. The summed E-state index contributed by atoms with van der Waals surface area (Å²) in [7, 11) is 0. The number of ether oxygens (including phenoxy) is 1. The van der Waals surface area contributed by atoms with Crippen LogP contribution in [0.5, 0.6) is 0 Å². The van der Waals surface area contributed by atoms with Crippen LogP contribution in [0.25, 0.3) is 0 Å². The standard InChI is InChI=1S/C25H33N3O2/c1-5-30-11-10-27-14-21-15-28(25(29)20-12-18(3)26-19(4)13-20)24(23(21)16-27)22-9-7-6-8-17(22)2/h6-9,12-13,21,23-24H,5,10-11,14-16H2,1-4H3/t21-,23-,24-/m0/s1. The van der Waals surface area contributed by atoms with E-state index >= 15 is 0 Å². The summed E-state index contributed by atoms with van der Waals surface area (Å²) < 4.78 is 5.58. The average Bonchev–Trinajstić information content (AvgIpc) is 3.25. The maximum atomic E-state index is 13.6. The number of rotatable bonds is 6. The van der Waals surface area contributed by atoms with Crippen molar-refractivity contribution in [2.45, 2.75) is 33.7 Å². The molecule has 0 aliphatic carbocycles. The van der Waals surface area contributed by atoms with Crippen LogP contribution in [-0.2, 0) is 4.74 Å². The number of likely N-dealkylation sites (tertiary alicyclic amines) is 2. The Balaban J connectivity index is 1.63. The molecular formula is C25H33N3O2. The number of hydrogen-bond donors (Lipinski definition) is 0. The van der Waals surface area contributed by atoms with Crippen LogP contribution in [-0.4, -0.2) is 60.1 Å². The summed E-state index contributed by atoms with van der Waals surface area (Å²) in [5, 5.41) is 0. The van der Waals surface area contributed by atoms with E-state index in [1.807, 2.05) is 32.9 Å². The number of carbonyl (C=O) groups excluding carboxylic acids is 1. The lowest BCUT2D eigenvalue weighted by atomic mass is 9.87. The van der Waals surface area contributed by atoms with Crippen LogP contribution in [0.3, 0.4) is 0 Å². The van der Waals surface area contributed by atoms with Crippen molar-refractivity contribution in [2.24, 2.45) is 11.8 Å². The first-order valence-corrected chi connectivity index (χ1v) is 11.1. The van der Waals surface area contributed by atoms with Gasteiger partial charge in [0.1, 0.15) is 0 Å². The number of aromatic nitrogens is 1. The Morgan fingerprint density at radius 1 is 1.10 bits per heavy atom. The molecule has 4 rings (SSSR count). The quantitative estimate of drug-likeness (QED) is 0.684. The summed E-state index contributed by atoms with van der Waals surface area (Å²) in [5.74, 6) is 1.09. The third kappa shape index (κ3) is 4.14. The van der Waals surface area contributed by atoms with Crippen LogP contribution >= 0.6 is 0 Å². The lowest BCUT2D eigenvalue weighted by Crippen LogP contribution is -2.36.